The van der Waals surface area contributed by atoms with E-state index in [2.05, 4.69) is 0 Å². The van der Waals surface area contributed by atoms with E-state index in [1.54, 1.807) is 0 Å². The van der Waals surface area contributed by atoms with Crippen molar-refractivity contribution in [3.63, 3.8) is 0 Å². The summed E-state index contributed by atoms with van der Waals surface area (Å²) >= 11 is 0. The second kappa shape index (κ2) is 3.87. The first-order chi connectivity index (χ1) is 6.22. The van der Waals surface area contributed by atoms with Crippen LogP contribution in [0, 0.1) is 17.1 Å². The van der Waals surface area contributed by atoms with E-state index in [0.717, 1.165) is 12.1 Å². The molecule has 0 heterocycles. The summed E-state index contributed by atoms with van der Waals surface area (Å²) in [6, 6.07) is 4.06. The van der Waals surface area contributed by atoms with Crippen LogP contribution in [-0.2, 0) is 6.61 Å². The number of nitrogens with zero attached hydrogens (tertiary/aromatic N) is 1. The molecule has 1 aromatic rings. The molecule has 0 fully saturated rings. The summed E-state index contributed by atoms with van der Waals surface area (Å²) in [6.45, 7) is -0.378. The highest BCUT2D eigenvalue weighted by Crippen LogP contribution is 2.23. The maximum absolute atomic E-state index is 12.8. The number of hydrogen-bond acceptors (Lipinski definition) is 3. The Balaban J connectivity index is 3.36. The van der Waals surface area contributed by atoms with Gasteiger partial charge in [0.15, 0.2) is 0 Å². The van der Waals surface area contributed by atoms with Crippen LogP contribution < -0.4 is 4.74 Å². The minimum Gasteiger partial charge on any atom is -0.495 e. The molecule has 1 N–H and O–H groups in total. The Morgan fingerprint density at radius 1 is 1.62 bits per heavy atom. The predicted molar refractivity (Wildman–Crippen MR) is 43.6 cm³/mol. The lowest BCUT2D eigenvalue weighted by atomic mass is 10.1. The largest absolute Gasteiger partial charge is 0.495 e. The number of nitriles is 1. The summed E-state index contributed by atoms with van der Waals surface area (Å²) in [5.41, 5.74) is 0.408. The molecule has 0 aliphatic heterocycles. The SMILES string of the molecule is COc1cc(F)cc(CO)c1C#N. The van der Waals surface area contributed by atoms with Crippen molar-refractivity contribution in [2.45, 2.75) is 6.61 Å². The molecule has 0 bridgehead atoms. The fraction of sp³-hybridized carbons (Fsp3) is 0.222. The van der Waals surface area contributed by atoms with Crippen molar-refractivity contribution < 1.29 is 14.2 Å². The fourth-order valence-corrected chi connectivity index (χ4v) is 1.05. The lowest BCUT2D eigenvalue weighted by molar-refractivity contribution is 0.279. The van der Waals surface area contributed by atoms with Gasteiger partial charge in [-0.1, -0.05) is 0 Å². The second-order valence-electron chi connectivity index (χ2n) is 2.41. The van der Waals surface area contributed by atoms with Crippen molar-refractivity contribution in [3.8, 4) is 11.8 Å². The van der Waals surface area contributed by atoms with Gasteiger partial charge in [-0.3, -0.25) is 0 Å². The molecule has 0 aliphatic carbocycles. The summed E-state index contributed by atoms with van der Waals surface area (Å²) in [6.07, 6.45) is 0. The van der Waals surface area contributed by atoms with Crippen molar-refractivity contribution in [1.29, 1.82) is 5.26 Å². The van der Waals surface area contributed by atoms with Crippen LogP contribution in [0.5, 0.6) is 5.75 Å². The number of hydrogen-bond donors (Lipinski definition) is 1. The molecule has 0 unspecified atom stereocenters. The van der Waals surface area contributed by atoms with Gasteiger partial charge in [0.2, 0.25) is 0 Å². The first-order valence-corrected chi connectivity index (χ1v) is 3.60. The molecular formula is C9H8FNO2. The molecule has 0 amide bonds. The maximum atomic E-state index is 12.8. The lowest BCUT2D eigenvalue weighted by Crippen LogP contribution is -1.96. The average molecular weight is 181 g/mol. The minimum absolute atomic E-state index is 0.145. The number of ether oxygens (including phenoxy) is 1. The third-order valence-electron chi connectivity index (χ3n) is 1.65. The number of halogens is 1. The molecule has 1 aromatic carbocycles. The molecule has 0 radical (unpaired) electrons. The molecule has 68 valence electrons. The summed E-state index contributed by atoms with van der Waals surface area (Å²) in [7, 11) is 1.34. The topological polar surface area (TPSA) is 53.2 Å². The molecule has 0 aliphatic rings. The van der Waals surface area contributed by atoms with Crippen molar-refractivity contribution >= 4 is 0 Å². The van der Waals surface area contributed by atoms with Crippen molar-refractivity contribution in [3.05, 3.63) is 29.1 Å². The van der Waals surface area contributed by atoms with E-state index in [1.807, 2.05) is 6.07 Å². The number of aliphatic hydroxyl groups is 1. The minimum atomic E-state index is -0.528. The Morgan fingerprint density at radius 3 is 2.77 bits per heavy atom. The van der Waals surface area contributed by atoms with E-state index in [1.165, 1.54) is 7.11 Å². The zero-order valence-electron chi connectivity index (χ0n) is 7.04. The quantitative estimate of drug-likeness (QED) is 0.745. The highest BCUT2D eigenvalue weighted by atomic mass is 19.1. The third-order valence-corrected chi connectivity index (χ3v) is 1.65. The number of benzene rings is 1. The third kappa shape index (κ3) is 1.76. The molecule has 0 saturated carbocycles. The zero-order chi connectivity index (χ0) is 9.84. The van der Waals surface area contributed by atoms with Gasteiger partial charge < -0.3 is 9.84 Å². The molecule has 13 heavy (non-hydrogen) atoms. The Morgan fingerprint density at radius 2 is 2.31 bits per heavy atom. The second-order valence-corrected chi connectivity index (χ2v) is 2.41. The van der Waals surface area contributed by atoms with Crippen molar-refractivity contribution in [2.75, 3.05) is 7.11 Å². The van der Waals surface area contributed by atoms with Gasteiger partial charge in [-0.05, 0) is 6.07 Å². The highest BCUT2D eigenvalue weighted by molar-refractivity contribution is 5.48. The van der Waals surface area contributed by atoms with Gasteiger partial charge >= 0.3 is 0 Å². The van der Waals surface area contributed by atoms with E-state index in [0.29, 0.717) is 0 Å². The molecule has 0 aromatic heterocycles. The molecule has 1 rings (SSSR count). The van der Waals surface area contributed by atoms with Crippen LogP contribution in [0.25, 0.3) is 0 Å². The molecule has 0 atom stereocenters. The molecule has 0 saturated heterocycles. The molecule has 0 spiro atoms. The normalized spacial score (nSPS) is 9.38. The smallest absolute Gasteiger partial charge is 0.139 e. The average Bonchev–Trinajstić information content (AvgIpc) is 2.16. The van der Waals surface area contributed by atoms with Crippen LogP contribution in [0.1, 0.15) is 11.1 Å². The van der Waals surface area contributed by atoms with Gasteiger partial charge in [-0.2, -0.15) is 5.26 Å². The van der Waals surface area contributed by atoms with Crippen LogP contribution >= 0.6 is 0 Å². The van der Waals surface area contributed by atoms with Crippen LogP contribution in [0.3, 0.4) is 0 Å². The number of aliphatic hydroxyl groups excluding tert-OH is 1. The van der Waals surface area contributed by atoms with Gasteiger partial charge in [0, 0.05) is 11.6 Å². The monoisotopic (exact) mass is 181 g/mol. The van der Waals surface area contributed by atoms with E-state index in [4.69, 9.17) is 15.1 Å². The van der Waals surface area contributed by atoms with E-state index in [-0.39, 0.29) is 23.5 Å². The van der Waals surface area contributed by atoms with E-state index < -0.39 is 5.82 Å². The molecule has 4 heteroatoms. The summed E-state index contributed by atoms with van der Waals surface area (Å²) < 4.78 is 17.6. The highest BCUT2D eigenvalue weighted by Gasteiger charge is 2.10. The fourth-order valence-electron chi connectivity index (χ4n) is 1.05. The van der Waals surface area contributed by atoms with Crippen molar-refractivity contribution in [1.82, 2.24) is 0 Å². The zero-order valence-corrected chi connectivity index (χ0v) is 7.04. The summed E-state index contributed by atoms with van der Waals surface area (Å²) in [5.74, 6) is -0.383. The van der Waals surface area contributed by atoms with Crippen LogP contribution in [0.15, 0.2) is 12.1 Å². The van der Waals surface area contributed by atoms with Crippen molar-refractivity contribution in [2.24, 2.45) is 0 Å². The standard InChI is InChI=1S/C9H8FNO2/c1-13-9-3-7(10)2-6(5-12)8(9)4-11/h2-3,12H,5H2,1H3. The Bertz CT molecular complexity index is 332. The number of rotatable bonds is 2. The van der Waals surface area contributed by atoms with Gasteiger partial charge in [0.1, 0.15) is 17.6 Å². The van der Waals surface area contributed by atoms with Gasteiger partial charge in [0.25, 0.3) is 0 Å². The van der Waals surface area contributed by atoms with Crippen LogP contribution in [0.4, 0.5) is 4.39 Å². The van der Waals surface area contributed by atoms with E-state index >= 15 is 0 Å². The molecular weight excluding hydrogens is 173 g/mol. The predicted octanol–water partition coefficient (Wildman–Crippen LogP) is 1.20. The Hall–Kier alpha value is -1.60. The Labute approximate surface area is 75.0 Å². The summed E-state index contributed by atoms with van der Waals surface area (Å²) in [4.78, 5) is 0. The first kappa shape index (κ1) is 9.49. The van der Waals surface area contributed by atoms with E-state index in [9.17, 15) is 4.39 Å². The maximum Gasteiger partial charge on any atom is 0.139 e. The lowest BCUT2D eigenvalue weighted by Gasteiger charge is -2.06. The van der Waals surface area contributed by atoms with Gasteiger partial charge in [-0.25, -0.2) is 4.39 Å². The summed E-state index contributed by atoms with van der Waals surface area (Å²) in [5, 5.41) is 17.5. The van der Waals surface area contributed by atoms with Crippen LogP contribution in [-0.4, -0.2) is 12.2 Å². The van der Waals surface area contributed by atoms with Crippen LogP contribution in [0.2, 0.25) is 0 Å². The first-order valence-electron chi connectivity index (χ1n) is 3.60. The molecule has 3 nitrogen and oxygen atoms in total. The van der Waals surface area contributed by atoms with Gasteiger partial charge in [-0.15, -0.1) is 0 Å². The number of methoxy groups -OCH3 is 1. The Kier molecular flexibility index (Phi) is 2.83. The van der Waals surface area contributed by atoms with Gasteiger partial charge in [0.05, 0.1) is 19.3 Å².